The van der Waals surface area contributed by atoms with E-state index in [9.17, 15) is 74.8 Å². The van der Waals surface area contributed by atoms with Crippen molar-refractivity contribution in [1.29, 1.82) is 0 Å². The van der Waals surface area contributed by atoms with Crippen molar-refractivity contribution in [1.82, 2.24) is 0 Å². The molecule has 322 valence electrons. The van der Waals surface area contributed by atoms with Crippen molar-refractivity contribution in [3.8, 4) is 28.4 Å². The summed E-state index contributed by atoms with van der Waals surface area (Å²) >= 11 is 0. The molecular formula is C35H26N6O18S3. The number of rotatable bonds is 16. The molecule has 0 aliphatic carbocycles. The molecule has 0 bridgehead atoms. The van der Waals surface area contributed by atoms with Crippen LogP contribution in [0.15, 0.2) is 125 Å². The number of sulfone groups is 1. The van der Waals surface area contributed by atoms with Gasteiger partial charge >= 0.3 is 28.3 Å². The summed E-state index contributed by atoms with van der Waals surface area (Å²) in [6.07, 6.45) is 0. The van der Waals surface area contributed by atoms with Crippen molar-refractivity contribution in [3.05, 3.63) is 102 Å². The van der Waals surface area contributed by atoms with Gasteiger partial charge in [-0.25, -0.2) is 27.0 Å². The van der Waals surface area contributed by atoms with Crippen LogP contribution in [-0.4, -0.2) is 95.3 Å². The molecule has 0 heterocycles. The molecule has 0 spiro atoms. The van der Waals surface area contributed by atoms with Gasteiger partial charge in [0.05, 0.1) is 34.1 Å². The number of hydrogen-bond donors (Lipinski definition) is 8. The lowest BCUT2D eigenvalue weighted by Crippen LogP contribution is -2.16. The van der Waals surface area contributed by atoms with Gasteiger partial charge in [0, 0.05) is 0 Å². The number of aromatic carboxylic acids is 3. The maximum atomic E-state index is 12.6. The average molecular weight is 915 g/mol. The molecule has 0 amide bonds. The summed E-state index contributed by atoms with van der Waals surface area (Å²) in [6, 6.07) is 14.8. The van der Waals surface area contributed by atoms with E-state index < -0.39 is 116 Å². The Labute approximate surface area is 347 Å². The molecule has 24 nitrogen and oxygen atoms in total. The van der Waals surface area contributed by atoms with E-state index >= 15 is 0 Å². The topological polar surface area (TPSA) is 399 Å². The summed E-state index contributed by atoms with van der Waals surface area (Å²) in [5.74, 6) is -7.65. The van der Waals surface area contributed by atoms with Crippen LogP contribution in [0.4, 0.5) is 34.1 Å². The molecule has 0 aliphatic rings. The molecule has 0 aliphatic heterocycles. The van der Waals surface area contributed by atoms with Crippen LogP contribution < -0.4 is 0 Å². The Hall–Kier alpha value is -7.56. The van der Waals surface area contributed by atoms with Crippen molar-refractivity contribution in [3.63, 3.8) is 0 Å². The van der Waals surface area contributed by atoms with E-state index in [1.165, 1.54) is 36.4 Å². The fourth-order valence-electron chi connectivity index (χ4n) is 5.11. The van der Waals surface area contributed by atoms with Crippen LogP contribution >= 0.6 is 0 Å². The third-order valence-electron chi connectivity index (χ3n) is 8.06. The maximum absolute atomic E-state index is 12.6. The van der Waals surface area contributed by atoms with E-state index in [4.69, 9.17) is 4.55 Å². The third-order valence-corrected chi connectivity index (χ3v) is 11.1. The summed E-state index contributed by atoms with van der Waals surface area (Å²) in [5, 5.41) is 82.6. The summed E-state index contributed by atoms with van der Waals surface area (Å²) < 4.78 is 93.3. The molecule has 0 radical (unpaired) electrons. The molecule has 0 atom stereocenters. The fraction of sp³-hybridized carbons (Fsp3) is 0.0571. The van der Waals surface area contributed by atoms with E-state index in [-0.39, 0.29) is 33.8 Å². The highest BCUT2D eigenvalue weighted by Crippen LogP contribution is 2.45. The second-order valence-corrected chi connectivity index (χ2v) is 16.7. The number of carboxylic acid groups (broad SMARTS) is 3. The number of phenolic OH excluding ortho intramolecular Hbond substituents is 2. The number of carboxylic acids is 3. The van der Waals surface area contributed by atoms with Crippen LogP contribution in [0.2, 0.25) is 0 Å². The van der Waals surface area contributed by atoms with E-state index in [2.05, 4.69) is 34.9 Å². The van der Waals surface area contributed by atoms with E-state index in [0.717, 1.165) is 42.5 Å². The minimum atomic E-state index is -5.24. The van der Waals surface area contributed by atoms with Crippen LogP contribution in [0.5, 0.6) is 17.2 Å². The predicted molar refractivity (Wildman–Crippen MR) is 209 cm³/mol. The van der Waals surface area contributed by atoms with Gasteiger partial charge in [0.1, 0.15) is 44.7 Å². The lowest BCUT2D eigenvalue weighted by atomic mass is 9.99. The quantitative estimate of drug-likeness (QED) is 0.0379. The Kier molecular flexibility index (Phi) is 13.2. The first kappa shape index (κ1) is 45.5. The second kappa shape index (κ2) is 18.0. The van der Waals surface area contributed by atoms with Crippen LogP contribution in [0, 0.1) is 0 Å². The molecule has 5 rings (SSSR count). The molecule has 5 aromatic carbocycles. The summed E-state index contributed by atoms with van der Waals surface area (Å²) in [7, 11) is -14.7. The van der Waals surface area contributed by atoms with Gasteiger partial charge in [-0.1, -0.05) is 12.1 Å². The number of nitrogens with zero attached hydrogens (tertiary/aromatic N) is 6. The zero-order valence-electron chi connectivity index (χ0n) is 30.6. The Balaban J connectivity index is 1.43. The summed E-state index contributed by atoms with van der Waals surface area (Å²) in [4.78, 5) is 33.9. The molecule has 0 unspecified atom stereocenters. The molecule has 0 fully saturated rings. The van der Waals surface area contributed by atoms with E-state index in [1.807, 2.05) is 0 Å². The van der Waals surface area contributed by atoms with Crippen molar-refractivity contribution in [2.45, 2.75) is 9.79 Å². The van der Waals surface area contributed by atoms with Crippen molar-refractivity contribution < 1.29 is 83.6 Å². The summed E-state index contributed by atoms with van der Waals surface area (Å²) in [6.45, 7) is -1.05. The first-order chi connectivity index (χ1) is 28.9. The first-order valence-electron chi connectivity index (χ1n) is 16.5. The number of benzene rings is 5. The number of azo groups is 3. The second-order valence-electron chi connectivity index (χ2n) is 12.2. The molecule has 27 heteroatoms. The zero-order valence-corrected chi connectivity index (χ0v) is 33.0. The Morgan fingerprint density at radius 1 is 0.532 bits per heavy atom. The van der Waals surface area contributed by atoms with Gasteiger partial charge in [0.15, 0.2) is 21.3 Å². The minimum absolute atomic E-state index is 0.0143. The zero-order chi connectivity index (χ0) is 45.7. The fourth-order valence-corrected chi connectivity index (χ4v) is 7.34. The molecule has 0 saturated heterocycles. The highest BCUT2D eigenvalue weighted by Gasteiger charge is 2.24. The molecule has 8 N–H and O–H groups in total. The van der Waals surface area contributed by atoms with Crippen molar-refractivity contribution in [2.24, 2.45) is 30.7 Å². The monoisotopic (exact) mass is 914 g/mol. The van der Waals surface area contributed by atoms with E-state index in [0.29, 0.717) is 6.07 Å². The highest BCUT2D eigenvalue weighted by molar-refractivity contribution is 7.91. The SMILES string of the molecule is O=C(O)c1cc(/N=N/c2ccc(-c3ccc(/N=N/c4ccc(O)c(/N=N/c5ccc(S(=O)(=O)CCOS(=O)(=O)O)cc5S(=O)(=O)O)c4O)c(C(=O)O)c3)cc2C(=O)O)ccc1O. The van der Waals surface area contributed by atoms with Crippen molar-refractivity contribution >= 4 is 82.4 Å². The number of carbonyl (C=O) groups is 3. The minimum Gasteiger partial charge on any atom is -0.507 e. The Bertz CT molecular complexity index is 3100. The van der Waals surface area contributed by atoms with Gasteiger partial charge < -0.3 is 30.6 Å². The largest absolute Gasteiger partial charge is 0.507 e. The standard InChI is InChI=1S/C35H26N6O18S3/c42-28-9-3-19(15-23(28)35(49)50)36-37-24-5-1-17(13-21(24)33(45)46)18-2-6-25(22(14-18)34(47)48)38-40-27-8-10-29(43)31(32(27)44)41-39-26-7-4-20(16-30(26)61(53,54)55)60(51,52)12-11-59-62(56,57)58/h1-10,13-16,42-44H,11-12H2,(H,45,46)(H,47,48)(H,49,50)(H,53,54,55)(H,56,57,58)/b37-36+,40-38+,41-39+. The summed E-state index contributed by atoms with van der Waals surface area (Å²) in [5.41, 5.74) is -3.26. The van der Waals surface area contributed by atoms with Crippen molar-refractivity contribution in [2.75, 3.05) is 12.4 Å². The Morgan fingerprint density at radius 3 is 1.58 bits per heavy atom. The third kappa shape index (κ3) is 11.0. The molecule has 5 aromatic rings. The maximum Gasteiger partial charge on any atom is 0.397 e. The molecule has 62 heavy (non-hydrogen) atoms. The number of hydrogen-bond acceptors (Lipinski definition) is 19. The first-order valence-corrected chi connectivity index (χ1v) is 21.0. The van der Waals surface area contributed by atoms with Crippen LogP contribution in [-0.2, 0) is 34.5 Å². The highest BCUT2D eigenvalue weighted by atomic mass is 32.3. The van der Waals surface area contributed by atoms with Crippen LogP contribution in [0.3, 0.4) is 0 Å². The van der Waals surface area contributed by atoms with Gasteiger partial charge in [-0.05, 0) is 83.9 Å². The number of phenols is 3. The normalized spacial score (nSPS) is 12.4. The Morgan fingerprint density at radius 2 is 1.03 bits per heavy atom. The van der Waals surface area contributed by atoms with Crippen LogP contribution in [0.25, 0.3) is 11.1 Å². The van der Waals surface area contributed by atoms with Gasteiger partial charge in [-0.2, -0.15) is 21.9 Å². The lowest BCUT2D eigenvalue weighted by molar-refractivity contribution is 0.0684. The lowest BCUT2D eigenvalue weighted by Gasteiger charge is -2.09. The average Bonchev–Trinajstić information content (AvgIpc) is 3.19. The van der Waals surface area contributed by atoms with Gasteiger partial charge in [0.2, 0.25) is 0 Å². The molecular weight excluding hydrogens is 889 g/mol. The van der Waals surface area contributed by atoms with Gasteiger partial charge in [-0.3, -0.25) is 9.11 Å². The van der Waals surface area contributed by atoms with Crippen LogP contribution in [0.1, 0.15) is 31.1 Å². The smallest absolute Gasteiger partial charge is 0.397 e. The molecule has 0 saturated carbocycles. The van der Waals surface area contributed by atoms with E-state index in [1.54, 1.807) is 0 Å². The number of aromatic hydroxyl groups is 3. The predicted octanol–water partition coefficient (Wildman–Crippen LogP) is 6.65. The van der Waals surface area contributed by atoms with Gasteiger partial charge in [0.25, 0.3) is 10.1 Å². The van der Waals surface area contributed by atoms with Gasteiger partial charge in [-0.15, -0.1) is 25.6 Å². The molecule has 0 aromatic heterocycles.